The van der Waals surface area contributed by atoms with Crippen molar-refractivity contribution in [1.29, 1.82) is 0 Å². The quantitative estimate of drug-likeness (QED) is 0.508. The number of ether oxygens (including phenoxy) is 1. The fourth-order valence-corrected chi connectivity index (χ4v) is 1.66. The van der Waals surface area contributed by atoms with Crippen molar-refractivity contribution >= 4 is 11.7 Å². The van der Waals surface area contributed by atoms with Crippen LogP contribution in [-0.4, -0.2) is 12.6 Å². The molecule has 3 nitrogen and oxygen atoms in total. The molecule has 1 rings (SSSR count). The molecule has 0 bridgehead atoms. The Morgan fingerprint density at radius 3 is 2.50 bits per heavy atom. The molecule has 112 valence electrons. The highest BCUT2D eigenvalue weighted by atomic mass is 19.4. The third-order valence-electron chi connectivity index (χ3n) is 2.76. The Labute approximate surface area is 115 Å². The maximum Gasteiger partial charge on any atom is 0.416 e. The molecule has 6 heteroatoms. The Morgan fingerprint density at radius 1 is 1.35 bits per heavy atom. The van der Waals surface area contributed by atoms with E-state index in [4.69, 9.17) is 10.5 Å². The van der Waals surface area contributed by atoms with E-state index in [1.165, 1.54) is 0 Å². The van der Waals surface area contributed by atoms with Gasteiger partial charge in [0.05, 0.1) is 17.7 Å². The third kappa shape index (κ3) is 4.75. The highest BCUT2D eigenvalue weighted by molar-refractivity contribution is 5.95. The minimum atomic E-state index is -4.48. The largest absolute Gasteiger partial charge is 0.462 e. The zero-order valence-corrected chi connectivity index (χ0v) is 11.5. The van der Waals surface area contributed by atoms with Gasteiger partial charge in [-0.05, 0) is 37.0 Å². The number of hydrogen-bond donors (Lipinski definition) is 1. The Hall–Kier alpha value is -1.72. The molecule has 20 heavy (non-hydrogen) atoms. The predicted molar refractivity (Wildman–Crippen MR) is 70.2 cm³/mol. The average Bonchev–Trinajstić information content (AvgIpc) is 2.32. The predicted octanol–water partition coefficient (Wildman–Crippen LogP) is 3.88. The van der Waals surface area contributed by atoms with Crippen LogP contribution in [0.4, 0.5) is 18.9 Å². The minimum Gasteiger partial charge on any atom is -0.462 e. The number of nitrogen functional groups attached to an aromatic ring is 1. The van der Waals surface area contributed by atoms with Gasteiger partial charge in [0.15, 0.2) is 0 Å². The first-order valence-electron chi connectivity index (χ1n) is 6.35. The van der Waals surface area contributed by atoms with Gasteiger partial charge in [-0.25, -0.2) is 4.79 Å². The van der Waals surface area contributed by atoms with E-state index < -0.39 is 17.7 Å². The number of carbonyl (C=O) groups is 1. The molecule has 2 N–H and O–H groups in total. The van der Waals surface area contributed by atoms with E-state index in [-0.39, 0.29) is 17.9 Å². The molecule has 0 aliphatic heterocycles. The second kappa shape index (κ2) is 6.63. The van der Waals surface area contributed by atoms with Gasteiger partial charge in [-0.3, -0.25) is 0 Å². The second-order valence-electron chi connectivity index (χ2n) is 4.97. The normalized spacial score (nSPS) is 11.7. The number of benzene rings is 1. The van der Waals surface area contributed by atoms with Crippen molar-refractivity contribution in [3.63, 3.8) is 0 Å². The van der Waals surface area contributed by atoms with Crippen molar-refractivity contribution in [2.75, 3.05) is 12.3 Å². The van der Waals surface area contributed by atoms with E-state index in [0.717, 1.165) is 24.6 Å². The molecule has 0 saturated carbocycles. The Morgan fingerprint density at radius 2 is 2.00 bits per heavy atom. The summed E-state index contributed by atoms with van der Waals surface area (Å²) in [5.74, 6) is -0.190. The van der Waals surface area contributed by atoms with Crippen molar-refractivity contribution in [1.82, 2.24) is 0 Å². The maximum atomic E-state index is 12.5. The SMILES string of the molecule is CC(C)CCCOC(=O)c1ccc(C(F)(F)F)cc1N. The van der Waals surface area contributed by atoms with Gasteiger partial charge in [0.25, 0.3) is 0 Å². The van der Waals surface area contributed by atoms with Crippen LogP contribution in [0.25, 0.3) is 0 Å². The van der Waals surface area contributed by atoms with Gasteiger partial charge in [-0.1, -0.05) is 13.8 Å². The van der Waals surface area contributed by atoms with Crippen LogP contribution in [0.5, 0.6) is 0 Å². The Kier molecular flexibility index (Phi) is 5.42. The summed E-state index contributed by atoms with van der Waals surface area (Å²) in [6.45, 7) is 4.34. The number of nitrogens with two attached hydrogens (primary N) is 1. The van der Waals surface area contributed by atoms with Gasteiger partial charge in [-0.2, -0.15) is 13.2 Å². The highest BCUT2D eigenvalue weighted by Crippen LogP contribution is 2.31. The molecular weight excluding hydrogens is 271 g/mol. The summed E-state index contributed by atoms with van der Waals surface area (Å²) in [5.41, 5.74) is 4.32. The number of anilines is 1. The van der Waals surface area contributed by atoms with E-state index in [1.54, 1.807) is 0 Å². The first kappa shape index (κ1) is 16.3. The summed E-state index contributed by atoms with van der Waals surface area (Å²) in [5, 5.41) is 0. The van der Waals surface area contributed by atoms with E-state index in [2.05, 4.69) is 13.8 Å². The monoisotopic (exact) mass is 289 g/mol. The smallest absolute Gasteiger partial charge is 0.416 e. The molecule has 0 radical (unpaired) electrons. The molecule has 0 atom stereocenters. The first-order chi connectivity index (χ1) is 9.21. The van der Waals surface area contributed by atoms with Crippen molar-refractivity contribution in [3.05, 3.63) is 29.3 Å². The molecule has 0 amide bonds. The lowest BCUT2D eigenvalue weighted by atomic mass is 10.1. The van der Waals surface area contributed by atoms with E-state index in [1.807, 2.05) is 0 Å². The van der Waals surface area contributed by atoms with Crippen LogP contribution >= 0.6 is 0 Å². The fourth-order valence-electron chi connectivity index (χ4n) is 1.66. The first-order valence-corrected chi connectivity index (χ1v) is 6.35. The fraction of sp³-hybridized carbons (Fsp3) is 0.500. The average molecular weight is 289 g/mol. The van der Waals surface area contributed by atoms with Crippen LogP contribution in [0.2, 0.25) is 0 Å². The molecule has 0 aliphatic carbocycles. The topological polar surface area (TPSA) is 52.3 Å². The number of rotatable bonds is 5. The number of alkyl halides is 3. The van der Waals surface area contributed by atoms with Gasteiger partial charge >= 0.3 is 12.1 Å². The molecule has 1 aromatic rings. The van der Waals surface area contributed by atoms with Crippen LogP contribution in [0.3, 0.4) is 0 Å². The molecule has 0 heterocycles. The Balaban J connectivity index is 2.65. The number of carbonyl (C=O) groups excluding carboxylic acids is 1. The lowest BCUT2D eigenvalue weighted by Crippen LogP contribution is -2.12. The standard InChI is InChI=1S/C14H18F3NO2/c1-9(2)4-3-7-20-13(19)11-6-5-10(8-12(11)18)14(15,16)17/h5-6,8-9H,3-4,7,18H2,1-2H3. The summed E-state index contributed by atoms with van der Waals surface area (Å²) in [6, 6.07) is 2.61. The second-order valence-corrected chi connectivity index (χ2v) is 4.97. The molecule has 0 fully saturated rings. The van der Waals surface area contributed by atoms with Crippen LogP contribution in [0.1, 0.15) is 42.6 Å². The van der Waals surface area contributed by atoms with Crippen molar-refractivity contribution in [3.8, 4) is 0 Å². The zero-order chi connectivity index (χ0) is 15.3. The van der Waals surface area contributed by atoms with E-state index >= 15 is 0 Å². The van der Waals surface area contributed by atoms with Gasteiger partial charge in [0, 0.05) is 5.69 Å². The summed E-state index contributed by atoms with van der Waals surface area (Å²) in [7, 11) is 0. The summed E-state index contributed by atoms with van der Waals surface area (Å²) < 4.78 is 42.3. The van der Waals surface area contributed by atoms with Crippen LogP contribution < -0.4 is 5.73 Å². The van der Waals surface area contributed by atoms with Crippen LogP contribution in [0.15, 0.2) is 18.2 Å². The van der Waals surface area contributed by atoms with Gasteiger partial charge in [0.1, 0.15) is 0 Å². The molecular formula is C14H18F3NO2. The van der Waals surface area contributed by atoms with Gasteiger partial charge in [-0.15, -0.1) is 0 Å². The zero-order valence-electron chi connectivity index (χ0n) is 11.5. The van der Waals surface area contributed by atoms with E-state index in [9.17, 15) is 18.0 Å². The Bertz CT molecular complexity index is 470. The lowest BCUT2D eigenvalue weighted by Gasteiger charge is -2.11. The van der Waals surface area contributed by atoms with Gasteiger partial charge < -0.3 is 10.5 Å². The van der Waals surface area contributed by atoms with Gasteiger partial charge in [0.2, 0.25) is 0 Å². The lowest BCUT2D eigenvalue weighted by molar-refractivity contribution is -0.137. The van der Waals surface area contributed by atoms with Crippen molar-refractivity contribution < 1.29 is 22.7 Å². The molecule has 0 aliphatic rings. The van der Waals surface area contributed by atoms with Crippen LogP contribution in [-0.2, 0) is 10.9 Å². The molecule has 0 aromatic heterocycles. The molecule has 1 aromatic carbocycles. The summed E-state index contributed by atoms with van der Waals surface area (Å²) in [6.07, 6.45) is -2.85. The highest BCUT2D eigenvalue weighted by Gasteiger charge is 2.31. The minimum absolute atomic E-state index is 0.0393. The number of halogens is 3. The summed E-state index contributed by atoms with van der Waals surface area (Å²) in [4.78, 5) is 11.7. The van der Waals surface area contributed by atoms with Crippen molar-refractivity contribution in [2.45, 2.75) is 32.9 Å². The maximum absolute atomic E-state index is 12.5. The van der Waals surface area contributed by atoms with Crippen LogP contribution in [0, 0.1) is 5.92 Å². The number of esters is 1. The van der Waals surface area contributed by atoms with E-state index in [0.29, 0.717) is 12.3 Å². The third-order valence-corrected chi connectivity index (χ3v) is 2.76. The summed E-state index contributed by atoms with van der Waals surface area (Å²) >= 11 is 0. The molecule has 0 spiro atoms. The van der Waals surface area contributed by atoms with Crippen molar-refractivity contribution in [2.24, 2.45) is 5.92 Å². The number of hydrogen-bond acceptors (Lipinski definition) is 3. The molecule has 0 saturated heterocycles. The molecule has 0 unspecified atom stereocenters.